The lowest BCUT2D eigenvalue weighted by Crippen LogP contribution is -2.38. The molecule has 0 radical (unpaired) electrons. The Hall–Kier alpha value is -2.52. The van der Waals surface area contributed by atoms with Crippen molar-refractivity contribution in [1.29, 1.82) is 0 Å². The maximum atomic E-state index is 4.62. The summed E-state index contributed by atoms with van der Waals surface area (Å²) in [4.78, 5) is 15.7. The molecule has 4 rings (SSSR count). The second-order valence-corrected chi connectivity index (χ2v) is 7.72. The molecule has 2 aromatic rings. The zero-order valence-corrected chi connectivity index (χ0v) is 16.3. The van der Waals surface area contributed by atoms with E-state index < -0.39 is 0 Å². The fourth-order valence-corrected chi connectivity index (χ4v) is 3.82. The molecule has 2 aliphatic heterocycles. The highest BCUT2D eigenvalue weighted by Crippen LogP contribution is 2.22. The molecule has 0 amide bonds. The van der Waals surface area contributed by atoms with Crippen molar-refractivity contribution in [1.82, 2.24) is 30.4 Å². The van der Waals surface area contributed by atoms with Crippen LogP contribution in [0.5, 0.6) is 0 Å². The maximum Gasteiger partial charge on any atom is 0.246 e. The first-order valence-corrected chi connectivity index (χ1v) is 9.95. The van der Waals surface area contributed by atoms with E-state index >= 15 is 0 Å². The minimum absolute atomic E-state index is 0.537. The van der Waals surface area contributed by atoms with E-state index in [-0.39, 0.29) is 0 Å². The van der Waals surface area contributed by atoms with Crippen LogP contribution in [0.3, 0.4) is 0 Å². The topological polar surface area (TPSA) is 105 Å². The first-order chi connectivity index (χ1) is 13.2. The van der Waals surface area contributed by atoms with Crippen molar-refractivity contribution >= 4 is 23.8 Å². The Morgan fingerprint density at radius 2 is 1.81 bits per heavy atom. The molecule has 1 atom stereocenters. The van der Waals surface area contributed by atoms with Crippen LogP contribution in [-0.2, 0) is 0 Å². The number of hydrogen-bond donors (Lipinski definition) is 3. The van der Waals surface area contributed by atoms with Crippen molar-refractivity contribution in [3.8, 4) is 0 Å². The van der Waals surface area contributed by atoms with Gasteiger partial charge in [-0.25, -0.2) is 10.2 Å². The molecule has 3 N–H and O–H groups in total. The number of hydrogen-bond acceptors (Lipinski definition) is 8. The van der Waals surface area contributed by atoms with Crippen molar-refractivity contribution in [3.63, 3.8) is 0 Å². The second kappa shape index (κ2) is 8.01. The molecule has 10 heteroatoms. The normalized spacial score (nSPS) is 20.7. The number of H-pyrrole nitrogens is 2. The fourth-order valence-electron chi connectivity index (χ4n) is 3.82. The van der Waals surface area contributed by atoms with Crippen LogP contribution >= 0.6 is 0 Å². The van der Waals surface area contributed by atoms with Crippen LogP contribution in [0.1, 0.15) is 32.1 Å². The summed E-state index contributed by atoms with van der Waals surface area (Å²) in [6, 6.07) is 0. The molecular formula is C17H30N10. The first-order valence-electron chi connectivity index (χ1n) is 9.95. The zero-order valence-electron chi connectivity index (χ0n) is 16.3. The van der Waals surface area contributed by atoms with E-state index in [4.69, 9.17) is 0 Å². The quantitative estimate of drug-likeness (QED) is 0.695. The van der Waals surface area contributed by atoms with Gasteiger partial charge in [-0.05, 0) is 38.0 Å². The Bertz CT molecular complexity index is 717. The van der Waals surface area contributed by atoms with E-state index in [2.05, 4.69) is 45.5 Å². The van der Waals surface area contributed by atoms with Crippen molar-refractivity contribution in [2.45, 2.75) is 32.1 Å². The van der Waals surface area contributed by atoms with Gasteiger partial charge in [0.25, 0.3) is 0 Å². The number of aromatic nitrogens is 6. The number of nitrogens with zero attached hydrogens (tertiary/aromatic N) is 7. The number of piperidine rings is 2. The van der Waals surface area contributed by atoms with Crippen molar-refractivity contribution < 1.29 is 0 Å². The molecule has 0 bridgehead atoms. The molecule has 10 nitrogen and oxygen atoms in total. The van der Waals surface area contributed by atoms with Crippen LogP contribution in [-0.4, -0.2) is 77.2 Å². The highest BCUT2D eigenvalue weighted by molar-refractivity contribution is 5.39. The van der Waals surface area contributed by atoms with Gasteiger partial charge in [0.1, 0.15) is 0 Å². The van der Waals surface area contributed by atoms with Gasteiger partial charge >= 0.3 is 0 Å². The molecule has 0 aromatic carbocycles. The summed E-state index contributed by atoms with van der Waals surface area (Å²) in [6.45, 7) is 4.96. The summed E-state index contributed by atoms with van der Waals surface area (Å²) in [6.07, 6.45) is 6.12. The van der Waals surface area contributed by atoms with Gasteiger partial charge < -0.3 is 20.0 Å². The van der Waals surface area contributed by atoms with E-state index in [1.165, 1.54) is 25.7 Å². The molecule has 2 aliphatic rings. The lowest BCUT2D eigenvalue weighted by molar-refractivity contribution is 0.427. The average Bonchev–Trinajstić information content (AvgIpc) is 3.37. The molecule has 27 heavy (non-hydrogen) atoms. The third-order valence-electron chi connectivity index (χ3n) is 5.35. The van der Waals surface area contributed by atoms with Crippen LogP contribution in [0, 0.1) is 5.92 Å². The van der Waals surface area contributed by atoms with E-state index in [1.807, 2.05) is 19.0 Å². The summed E-state index contributed by atoms with van der Waals surface area (Å²) in [5.41, 5.74) is 0. The minimum Gasteiger partial charge on any atom is -0.354 e. The average molecular weight is 374 g/mol. The summed E-state index contributed by atoms with van der Waals surface area (Å²) in [7, 11) is 3.90. The molecule has 2 aromatic heterocycles. The predicted octanol–water partition coefficient (Wildman–Crippen LogP) is 1.31. The maximum absolute atomic E-state index is 4.62. The number of nitrogens with one attached hydrogen (secondary N) is 3. The molecule has 0 aliphatic carbocycles. The Morgan fingerprint density at radius 3 is 2.59 bits per heavy atom. The molecule has 1 unspecified atom stereocenters. The molecule has 4 heterocycles. The van der Waals surface area contributed by atoms with Gasteiger partial charge in [-0.2, -0.15) is 9.97 Å². The van der Waals surface area contributed by atoms with E-state index in [0.717, 1.165) is 62.9 Å². The zero-order chi connectivity index (χ0) is 18.6. The van der Waals surface area contributed by atoms with E-state index in [0.29, 0.717) is 5.92 Å². The minimum atomic E-state index is 0.537. The molecule has 0 spiro atoms. The van der Waals surface area contributed by atoms with Crippen molar-refractivity contribution in [2.75, 3.05) is 66.8 Å². The van der Waals surface area contributed by atoms with Gasteiger partial charge in [0, 0.05) is 46.8 Å². The molecule has 148 valence electrons. The summed E-state index contributed by atoms with van der Waals surface area (Å²) in [5, 5.41) is 18.2. The lowest BCUT2D eigenvalue weighted by Gasteiger charge is -2.32. The van der Waals surface area contributed by atoms with Gasteiger partial charge in [0.15, 0.2) is 0 Å². The smallest absolute Gasteiger partial charge is 0.246 e. The Balaban J connectivity index is 1.30. The largest absolute Gasteiger partial charge is 0.354 e. The van der Waals surface area contributed by atoms with Crippen LogP contribution in [0.4, 0.5) is 23.8 Å². The SMILES string of the molecule is CN(C)c1n[nH]c(N2CCCC(CNc3nc(N4CCCCC4)n[nH]3)C2)n1. The van der Waals surface area contributed by atoms with Gasteiger partial charge in [-0.15, -0.1) is 10.2 Å². The predicted molar refractivity (Wildman–Crippen MR) is 107 cm³/mol. The van der Waals surface area contributed by atoms with Crippen LogP contribution in [0.2, 0.25) is 0 Å². The Morgan fingerprint density at radius 1 is 1.00 bits per heavy atom. The first kappa shape index (κ1) is 17.9. The van der Waals surface area contributed by atoms with Crippen LogP contribution in [0.25, 0.3) is 0 Å². The number of rotatable bonds is 6. The molecular weight excluding hydrogens is 344 g/mol. The van der Waals surface area contributed by atoms with E-state index in [9.17, 15) is 0 Å². The van der Waals surface area contributed by atoms with Gasteiger partial charge in [0.2, 0.25) is 23.8 Å². The van der Waals surface area contributed by atoms with Gasteiger partial charge in [-0.1, -0.05) is 0 Å². The summed E-state index contributed by atoms with van der Waals surface area (Å²) < 4.78 is 0. The van der Waals surface area contributed by atoms with Gasteiger partial charge in [-0.3, -0.25) is 0 Å². The third-order valence-corrected chi connectivity index (χ3v) is 5.35. The van der Waals surface area contributed by atoms with Crippen LogP contribution < -0.4 is 20.0 Å². The monoisotopic (exact) mass is 374 g/mol. The number of aromatic amines is 2. The molecule has 2 saturated heterocycles. The van der Waals surface area contributed by atoms with Gasteiger partial charge in [0.05, 0.1) is 0 Å². The summed E-state index contributed by atoms with van der Waals surface area (Å²) in [5.74, 6) is 3.70. The highest BCUT2D eigenvalue weighted by Gasteiger charge is 2.23. The fraction of sp³-hybridized carbons (Fsp3) is 0.765. The highest BCUT2D eigenvalue weighted by atomic mass is 15.4. The number of anilines is 4. The van der Waals surface area contributed by atoms with Crippen LogP contribution in [0.15, 0.2) is 0 Å². The lowest BCUT2D eigenvalue weighted by atomic mass is 9.98. The standard InChI is InChI=1S/C17H30N10/c1-25(2)15-20-17(24-22-15)27-10-6-7-13(12-27)11-18-14-19-16(23-21-14)26-8-4-3-5-9-26/h13H,3-12H2,1-2H3,(H,20,22,24)(H2,18,19,21,23). The second-order valence-electron chi connectivity index (χ2n) is 7.72. The Labute approximate surface area is 159 Å². The van der Waals surface area contributed by atoms with E-state index in [1.54, 1.807) is 0 Å². The van der Waals surface area contributed by atoms with Crippen molar-refractivity contribution in [3.05, 3.63) is 0 Å². The molecule has 0 saturated carbocycles. The van der Waals surface area contributed by atoms with Crippen molar-refractivity contribution in [2.24, 2.45) is 5.92 Å². The Kier molecular flexibility index (Phi) is 5.30. The molecule has 2 fully saturated rings. The third kappa shape index (κ3) is 4.25. The summed E-state index contributed by atoms with van der Waals surface area (Å²) >= 11 is 0.